The maximum absolute atomic E-state index is 12.9. The van der Waals surface area contributed by atoms with Gasteiger partial charge in [0.25, 0.3) is 0 Å². The highest BCUT2D eigenvalue weighted by Gasteiger charge is 2.32. The highest BCUT2D eigenvalue weighted by atomic mass is 35.5. The van der Waals surface area contributed by atoms with Crippen molar-refractivity contribution in [3.8, 4) is 5.75 Å². The van der Waals surface area contributed by atoms with E-state index >= 15 is 0 Å². The summed E-state index contributed by atoms with van der Waals surface area (Å²) in [4.78, 5) is 11.4. The molecule has 1 saturated heterocycles. The van der Waals surface area contributed by atoms with Gasteiger partial charge in [0.2, 0.25) is 20.8 Å². The lowest BCUT2D eigenvalue weighted by Crippen LogP contribution is -2.50. The van der Waals surface area contributed by atoms with E-state index in [0.29, 0.717) is 11.9 Å². The van der Waals surface area contributed by atoms with E-state index in [2.05, 4.69) is 63.5 Å². The summed E-state index contributed by atoms with van der Waals surface area (Å²) in [5, 5.41) is 19.9. The number of aromatic nitrogens is 4. The number of hydrogen-bond donors (Lipinski definition) is 3. The Morgan fingerprint density at radius 1 is 1.14 bits per heavy atom. The summed E-state index contributed by atoms with van der Waals surface area (Å²) < 4.78 is 33.8. The molecule has 0 radical (unpaired) electrons. The van der Waals surface area contributed by atoms with Crippen molar-refractivity contribution in [2.24, 2.45) is 7.05 Å². The molecule has 3 N–H and O–H groups in total. The second-order valence-electron chi connectivity index (χ2n) is 12.9. The first kappa shape index (κ1) is 32.5. The van der Waals surface area contributed by atoms with Gasteiger partial charge in [-0.05, 0) is 109 Å². The number of aliphatic hydroxyl groups is 1. The Morgan fingerprint density at radius 2 is 1.84 bits per heavy atom. The Morgan fingerprint density at radius 3 is 2.45 bits per heavy atom. The molecule has 1 saturated carbocycles. The summed E-state index contributed by atoms with van der Waals surface area (Å²) in [6, 6.07) is 4.26. The molecule has 3 heterocycles. The molecular weight excluding hydrogens is 602 g/mol. The van der Waals surface area contributed by atoms with Crippen molar-refractivity contribution in [1.82, 2.24) is 24.6 Å². The first-order valence-corrected chi connectivity index (χ1v) is 17.2. The molecule has 44 heavy (non-hydrogen) atoms. The number of ether oxygens (including phenoxy) is 1. The van der Waals surface area contributed by atoms with Gasteiger partial charge in [0, 0.05) is 18.8 Å². The van der Waals surface area contributed by atoms with Crippen LogP contribution in [-0.2, 0) is 16.9 Å². The molecule has 13 heteroatoms. The average Bonchev–Trinajstić information content (AvgIpc) is 3.34. The first-order chi connectivity index (χ1) is 20.8. The Kier molecular flexibility index (Phi) is 9.46. The molecule has 0 atom stereocenters. The number of sulfone groups is 1. The molecule has 1 aromatic carbocycles. The van der Waals surface area contributed by atoms with Crippen LogP contribution in [0.5, 0.6) is 5.75 Å². The molecule has 0 spiro atoms. The fourth-order valence-electron chi connectivity index (χ4n) is 5.65. The zero-order valence-electron chi connectivity index (χ0n) is 26.4. The summed E-state index contributed by atoms with van der Waals surface area (Å²) in [5.41, 5.74) is 3.26. The molecular formula is C31H44ClN7O4S. The lowest BCUT2D eigenvalue weighted by atomic mass is 9.85. The van der Waals surface area contributed by atoms with E-state index in [9.17, 15) is 13.5 Å². The fourth-order valence-corrected chi connectivity index (χ4v) is 6.89. The van der Waals surface area contributed by atoms with Gasteiger partial charge in [-0.2, -0.15) is 10.1 Å². The van der Waals surface area contributed by atoms with Crippen LogP contribution in [0.3, 0.4) is 0 Å². The molecule has 1 aliphatic carbocycles. The Balaban J connectivity index is 1.41. The van der Waals surface area contributed by atoms with Crippen molar-refractivity contribution in [2.45, 2.75) is 94.6 Å². The minimum atomic E-state index is -3.65. The number of benzene rings is 1. The van der Waals surface area contributed by atoms with E-state index in [-0.39, 0.29) is 39.8 Å². The van der Waals surface area contributed by atoms with E-state index in [1.165, 1.54) is 16.4 Å². The molecule has 0 unspecified atom stereocenters. The van der Waals surface area contributed by atoms with Crippen LogP contribution in [0.4, 0.5) is 23.1 Å². The van der Waals surface area contributed by atoms with Gasteiger partial charge in [-0.3, -0.25) is 9.58 Å². The average molecular weight is 646 g/mol. The van der Waals surface area contributed by atoms with Gasteiger partial charge < -0.3 is 20.5 Å². The third-order valence-electron chi connectivity index (χ3n) is 8.82. The standard InChI is InChI=1S/C31H44ClN7O4S/c1-19(2)44(41,42)29-26(17-38(6)37-29)34-28-24(32)16-33-30(36-28)35-25-14-20(3)23(15-27(25)43-22-8-7-9-22)21-10-12-39(13-11-21)31(4,5)18-40/h14-17,19,21-22,40H,7-13,18H2,1-6H3,(H2,33,34,35,36). The van der Waals surface area contributed by atoms with Gasteiger partial charge in [-0.15, -0.1) is 0 Å². The number of hydrogen-bond acceptors (Lipinski definition) is 10. The van der Waals surface area contributed by atoms with Crippen LogP contribution in [0.15, 0.2) is 29.6 Å². The second kappa shape index (κ2) is 12.8. The molecule has 0 amide bonds. The summed E-state index contributed by atoms with van der Waals surface area (Å²) in [6.45, 7) is 11.5. The smallest absolute Gasteiger partial charge is 0.229 e. The molecule has 3 aromatic rings. The fraction of sp³-hybridized carbons (Fsp3) is 0.581. The molecule has 0 bridgehead atoms. The Hall–Kier alpha value is -2.93. The monoisotopic (exact) mass is 645 g/mol. The van der Waals surface area contributed by atoms with Gasteiger partial charge in [-0.1, -0.05) is 11.6 Å². The van der Waals surface area contributed by atoms with Crippen LogP contribution in [0.25, 0.3) is 0 Å². The van der Waals surface area contributed by atoms with Gasteiger partial charge in [0.15, 0.2) is 5.82 Å². The van der Waals surface area contributed by atoms with Crippen molar-refractivity contribution in [3.63, 3.8) is 0 Å². The van der Waals surface area contributed by atoms with Gasteiger partial charge in [-0.25, -0.2) is 13.4 Å². The van der Waals surface area contributed by atoms with Crippen molar-refractivity contribution in [3.05, 3.63) is 40.7 Å². The number of aliphatic hydroxyl groups excluding tert-OH is 1. The molecule has 11 nitrogen and oxygen atoms in total. The number of halogens is 1. The lowest BCUT2D eigenvalue weighted by molar-refractivity contribution is 0.0378. The summed E-state index contributed by atoms with van der Waals surface area (Å²) in [7, 11) is -1.99. The highest BCUT2D eigenvalue weighted by Crippen LogP contribution is 2.40. The quantitative estimate of drug-likeness (QED) is 0.238. The molecule has 2 aliphatic rings. The van der Waals surface area contributed by atoms with Crippen molar-refractivity contribution >= 4 is 44.6 Å². The number of piperidine rings is 1. The highest BCUT2D eigenvalue weighted by molar-refractivity contribution is 7.92. The van der Waals surface area contributed by atoms with Crippen LogP contribution in [0.1, 0.15) is 76.8 Å². The van der Waals surface area contributed by atoms with Gasteiger partial charge in [0.05, 0.1) is 35.5 Å². The van der Waals surface area contributed by atoms with Crippen LogP contribution < -0.4 is 15.4 Å². The largest absolute Gasteiger partial charge is 0.488 e. The van der Waals surface area contributed by atoms with E-state index in [4.69, 9.17) is 16.3 Å². The predicted octanol–water partition coefficient (Wildman–Crippen LogP) is 5.72. The molecule has 2 fully saturated rings. The molecule has 2 aromatic heterocycles. The summed E-state index contributed by atoms with van der Waals surface area (Å²) in [6.07, 6.45) is 8.46. The normalized spacial score (nSPS) is 17.1. The van der Waals surface area contributed by atoms with Crippen molar-refractivity contribution in [2.75, 3.05) is 30.3 Å². The number of rotatable bonds is 11. The van der Waals surface area contributed by atoms with Gasteiger partial charge >= 0.3 is 0 Å². The minimum absolute atomic E-state index is 0.0626. The zero-order valence-corrected chi connectivity index (χ0v) is 28.0. The summed E-state index contributed by atoms with van der Waals surface area (Å²) in [5.74, 6) is 1.71. The number of nitrogens with one attached hydrogen (secondary N) is 2. The third-order valence-corrected chi connectivity index (χ3v) is 11.2. The number of likely N-dealkylation sites (tertiary alicyclic amines) is 1. The number of nitrogens with zero attached hydrogens (tertiary/aromatic N) is 5. The molecule has 5 rings (SSSR count). The predicted molar refractivity (Wildman–Crippen MR) is 173 cm³/mol. The number of aryl methyl sites for hydroxylation is 2. The minimum Gasteiger partial charge on any atom is -0.488 e. The van der Waals surface area contributed by atoms with E-state index < -0.39 is 15.1 Å². The Labute approximate surface area is 265 Å². The van der Waals surface area contributed by atoms with Crippen LogP contribution in [0.2, 0.25) is 5.02 Å². The van der Waals surface area contributed by atoms with E-state index in [0.717, 1.165) is 62.2 Å². The van der Waals surface area contributed by atoms with E-state index in [1.807, 2.05) is 0 Å². The van der Waals surface area contributed by atoms with Crippen LogP contribution >= 0.6 is 11.6 Å². The van der Waals surface area contributed by atoms with E-state index in [1.54, 1.807) is 27.1 Å². The third kappa shape index (κ3) is 6.83. The topological polar surface area (TPSA) is 134 Å². The van der Waals surface area contributed by atoms with Crippen molar-refractivity contribution in [1.29, 1.82) is 0 Å². The number of anilines is 4. The Bertz CT molecular complexity index is 1600. The van der Waals surface area contributed by atoms with Crippen LogP contribution in [0, 0.1) is 6.92 Å². The SMILES string of the molecule is Cc1cc(Nc2ncc(Cl)c(Nc3cn(C)nc3S(=O)(=O)C(C)C)n2)c(OC2CCC2)cc1C1CCN(C(C)(C)CO)CC1. The van der Waals surface area contributed by atoms with Gasteiger partial charge in [0.1, 0.15) is 10.8 Å². The summed E-state index contributed by atoms with van der Waals surface area (Å²) >= 11 is 6.46. The van der Waals surface area contributed by atoms with Crippen LogP contribution in [-0.4, -0.2) is 74.8 Å². The maximum atomic E-state index is 12.9. The lowest BCUT2D eigenvalue weighted by Gasteiger charge is -2.42. The molecule has 1 aliphatic heterocycles. The van der Waals surface area contributed by atoms with Crippen molar-refractivity contribution < 1.29 is 18.3 Å². The second-order valence-corrected chi connectivity index (χ2v) is 15.7. The zero-order chi connectivity index (χ0) is 31.8. The maximum Gasteiger partial charge on any atom is 0.229 e. The molecule has 240 valence electrons. The first-order valence-electron chi connectivity index (χ1n) is 15.3.